The predicted molar refractivity (Wildman–Crippen MR) is 134 cm³/mol. The molecule has 210 valence electrons. The van der Waals surface area contributed by atoms with Gasteiger partial charge in [0.15, 0.2) is 12.1 Å². The number of aliphatic hydroxyl groups is 2. The summed E-state index contributed by atoms with van der Waals surface area (Å²) in [7, 11) is 0. The Morgan fingerprint density at radius 1 is 1.05 bits per heavy atom. The Morgan fingerprint density at radius 3 is 2.58 bits per heavy atom. The smallest absolute Gasteiger partial charge is 0.200 e. The highest BCUT2D eigenvalue weighted by molar-refractivity contribution is 5.98. The SMILES string of the molecule is CC1CCC2C3C(OC4(C(C)(O)C5CC(C)(O)C(C)(C)C6OC6O5)CCC13O4)C1OC13CC=CC(=O)C23C. The molecule has 14 atom stereocenters. The van der Waals surface area contributed by atoms with Gasteiger partial charge in [-0.15, -0.1) is 0 Å². The van der Waals surface area contributed by atoms with Gasteiger partial charge in [-0.2, -0.15) is 0 Å². The first-order valence-corrected chi connectivity index (χ1v) is 14.7. The van der Waals surface area contributed by atoms with Crippen LogP contribution in [0.3, 0.4) is 0 Å². The van der Waals surface area contributed by atoms with Crippen LogP contribution in [-0.2, 0) is 28.5 Å². The van der Waals surface area contributed by atoms with Crippen molar-refractivity contribution in [2.45, 2.75) is 139 Å². The molecule has 0 radical (unpaired) electrons. The van der Waals surface area contributed by atoms with Gasteiger partial charge >= 0.3 is 0 Å². The second-order valence-corrected chi connectivity index (χ2v) is 15.0. The van der Waals surface area contributed by atoms with Crippen molar-refractivity contribution in [1.82, 2.24) is 0 Å². The van der Waals surface area contributed by atoms with E-state index in [4.69, 9.17) is 23.7 Å². The fourth-order valence-electron chi connectivity index (χ4n) is 10.1. The second kappa shape index (κ2) is 6.77. The van der Waals surface area contributed by atoms with Crippen molar-refractivity contribution in [1.29, 1.82) is 0 Å². The van der Waals surface area contributed by atoms with Crippen LogP contribution in [0.25, 0.3) is 0 Å². The minimum absolute atomic E-state index is 0.0204. The summed E-state index contributed by atoms with van der Waals surface area (Å²) in [5.74, 6) is -0.773. The Labute approximate surface area is 224 Å². The molecule has 3 aliphatic carbocycles. The molecule has 5 heterocycles. The maximum absolute atomic E-state index is 13.5. The van der Waals surface area contributed by atoms with Crippen molar-refractivity contribution in [2.75, 3.05) is 0 Å². The Hall–Kier alpha value is -0.870. The Bertz CT molecular complexity index is 1150. The van der Waals surface area contributed by atoms with Crippen LogP contribution in [0.1, 0.15) is 80.1 Å². The zero-order chi connectivity index (χ0) is 26.9. The van der Waals surface area contributed by atoms with Gasteiger partial charge in [0.1, 0.15) is 23.4 Å². The number of fused-ring (bicyclic) bond motifs is 4. The number of ketones is 1. The zero-order valence-electron chi connectivity index (χ0n) is 23.4. The lowest BCUT2D eigenvalue weighted by molar-refractivity contribution is -0.422. The topological polar surface area (TPSA) is 110 Å². The molecule has 2 bridgehead atoms. The van der Waals surface area contributed by atoms with E-state index >= 15 is 0 Å². The van der Waals surface area contributed by atoms with Crippen molar-refractivity contribution >= 4 is 5.78 Å². The molecule has 38 heavy (non-hydrogen) atoms. The van der Waals surface area contributed by atoms with Crippen molar-refractivity contribution < 1.29 is 38.7 Å². The first-order valence-electron chi connectivity index (χ1n) is 14.7. The van der Waals surface area contributed by atoms with Gasteiger partial charge in [-0.05, 0) is 64.4 Å². The van der Waals surface area contributed by atoms with E-state index in [1.54, 1.807) is 19.9 Å². The van der Waals surface area contributed by atoms with Crippen molar-refractivity contribution in [3.05, 3.63) is 12.2 Å². The average molecular weight is 531 g/mol. The number of epoxide rings is 2. The fraction of sp³-hybridized carbons (Fsp3) is 0.900. The van der Waals surface area contributed by atoms with Gasteiger partial charge in [0.25, 0.3) is 0 Å². The molecule has 0 aromatic carbocycles. The molecule has 8 rings (SSSR count). The van der Waals surface area contributed by atoms with Crippen LogP contribution >= 0.6 is 0 Å². The molecule has 0 aromatic rings. The normalized spacial score (nSPS) is 62.5. The Morgan fingerprint density at radius 2 is 1.82 bits per heavy atom. The summed E-state index contributed by atoms with van der Waals surface area (Å²) in [6.07, 6.45) is 5.90. The monoisotopic (exact) mass is 530 g/mol. The van der Waals surface area contributed by atoms with Crippen molar-refractivity contribution in [3.63, 3.8) is 0 Å². The van der Waals surface area contributed by atoms with Crippen LogP contribution in [0.5, 0.6) is 0 Å². The number of allylic oxidation sites excluding steroid dienone is 1. The van der Waals surface area contributed by atoms with Crippen LogP contribution in [0.2, 0.25) is 0 Å². The number of hydrogen-bond donors (Lipinski definition) is 2. The van der Waals surface area contributed by atoms with Crippen LogP contribution < -0.4 is 0 Å². The highest BCUT2D eigenvalue weighted by atomic mass is 16.8. The highest BCUT2D eigenvalue weighted by Gasteiger charge is 2.85. The summed E-state index contributed by atoms with van der Waals surface area (Å²) >= 11 is 0. The molecule has 0 amide bonds. The van der Waals surface area contributed by atoms with Gasteiger partial charge in [-0.25, -0.2) is 0 Å². The van der Waals surface area contributed by atoms with E-state index in [0.29, 0.717) is 12.8 Å². The van der Waals surface area contributed by atoms with Crippen LogP contribution in [0, 0.1) is 28.6 Å². The maximum Gasteiger partial charge on any atom is 0.200 e. The average Bonchev–Trinajstić information content (AvgIpc) is 3.75. The summed E-state index contributed by atoms with van der Waals surface area (Å²) in [5, 5.41) is 24.0. The summed E-state index contributed by atoms with van der Waals surface area (Å²) < 4.78 is 32.9. The van der Waals surface area contributed by atoms with Crippen molar-refractivity contribution in [2.24, 2.45) is 28.6 Å². The summed E-state index contributed by atoms with van der Waals surface area (Å²) in [4.78, 5) is 13.5. The molecule has 7 fully saturated rings. The van der Waals surface area contributed by atoms with E-state index in [2.05, 4.69) is 13.8 Å². The van der Waals surface area contributed by atoms with E-state index in [0.717, 1.165) is 19.3 Å². The maximum atomic E-state index is 13.5. The largest absolute Gasteiger partial charge is 0.389 e. The molecule has 2 spiro atoms. The lowest BCUT2D eigenvalue weighted by Crippen LogP contribution is -2.75. The lowest BCUT2D eigenvalue weighted by atomic mass is 9.45. The van der Waals surface area contributed by atoms with E-state index < -0.39 is 51.4 Å². The van der Waals surface area contributed by atoms with E-state index in [1.807, 2.05) is 19.9 Å². The molecule has 2 saturated carbocycles. The highest BCUT2D eigenvalue weighted by Crippen LogP contribution is 2.75. The predicted octanol–water partition coefficient (Wildman–Crippen LogP) is 3.02. The summed E-state index contributed by atoms with van der Waals surface area (Å²) in [6, 6.07) is 0. The third kappa shape index (κ3) is 2.49. The minimum atomic E-state index is -1.56. The minimum Gasteiger partial charge on any atom is -0.389 e. The standard InChI is InChI=1S/C30H42O8/c1-15-9-10-16-19-20(21-29(37-21)11-7-8-17(31)26(16,29)5)36-30(13-12-28(15,19)38-30)27(6,33)18-14-25(4,32)24(2,3)22-23(34-18)35-22/h7-8,15-16,18-23,32-33H,9-14H2,1-6H3. The fourth-order valence-corrected chi connectivity index (χ4v) is 10.1. The van der Waals surface area contributed by atoms with Crippen LogP contribution in [-0.4, -0.2) is 74.9 Å². The van der Waals surface area contributed by atoms with Gasteiger partial charge in [0.2, 0.25) is 5.79 Å². The Kier molecular flexibility index (Phi) is 4.44. The molecule has 8 heteroatoms. The molecular weight excluding hydrogens is 488 g/mol. The van der Waals surface area contributed by atoms with Gasteiger partial charge < -0.3 is 33.9 Å². The Balaban J connectivity index is 1.21. The van der Waals surface area contributed by atoms with Gasteiger partial charge in [0, 0.05) is 24.2 Å². The van der Waals surface area contributed by atoms with Gasteiger partial charge in [-0.1, -0.05) is 26.8 Å². The third-order valence-corrected chi connectivity index (χ3v) is 13.3. The van der Waals surface area contributed by atoms with Crippen molar-refractivity contribution in [3.8, 4) is 0 Å². The van der Waals surface area contributed by atoms with E-state index in [9.17, 15) is 15.0 Å². The number of carbonyl (C=O) groups excluding carboxylic acids is 1. The molecule has 8 nitrogen and oxygen atoms in total. The van der Waals surface area contributed by atoms with E-state index in [1.165, 1.54) is 0 Å². The number of carbonyl (C=O) groups is 1. The number of hydrogen-bond acceptors (Lipinski definition) is 8. The molecule has 14 unspecified atom stereocenters. The molecule has 5 saturated heterocycles. The van der Waals surface area contributed by atoms with E-state index in [-0.39, 0.29) is 48.3 Å². The molecule has 5 aliphatic heterocycles. The third-order valence-electron chi connectivity index (χ3n) is 13.3. The summed E-state index contributed by atoms with van der Waals surface area (Å²) in [6.45, 7) is 11.9. The second-order valence-electron chi connectivity index (χ2n) is 15.0. The molecule has 8 aliphatic rings. The first kappa shape index (κ1) is 24.9. The quantitative estimate of drug-likeness (QED) is 0.525. The first-order chi connectivity index (χ1) is 17.7. The molecular formula is C30H42O8. The lowest BCUT2D eigenvalue weighted by Gasteiger charge is -2.64. The number of ether oxygens (including phenoxy) is 5. The number of rotatable bonds is 2. The molecule has 0 aromatic heterocycles. The van der Waals surface area contributed by atoms with Crippen LogP contribution in [0.15, 0.2) is 12.2 Å². The zero-order valence-corrected chi connectivity index (χ0v) is 23.4. The molecule has 2 N–H and O–H groups in total. The van der Waals surface area contributed by atoms with Gasteiger partial charge in [0.05, 0.1) is 28.8 Å². The van der Waals surface area contributed by atoms with Gasteiger partial charge in [-0.3, -0.25) is 4.79 Å². The van der Waals surface area contributed by atoms with Crippen LogP contribution in [0.4, 0.5) is 0 Å². The summed E-state index contributed by atoms with van der Waals surface area (Å²) in [5.41, 5.74) is -4.87.